The van der Waals surface area contributed by atoms with Crippen molar-refractivity contribution in [3.63, 3.8) is 0 Å². The summed E-state index contributed by atoms with van der Waals surface area (Å²) in [5, 5.41) is 17.1. The summed E-state index contributed by atoms with van der Waals surface area (Å²) in [6.07, 6.45) is -0.657. The average molecular weight is 331 g/mol. The summed E-state index contributed by atoms with van der Waals surface area (Å²) >= 11 is 6.39. The van der Waals surface area contributed by atoms with Crippen molar-refractivity contribution in [2.45, 2.75) is 26.5 Å². The molecule has 0 saturated carbocycles. The van der Waals surface area contributed by atoms with Crippen molar-refractivity contribution in [2.24, 2.45) is 0 Å². The number of nitrogens with zero attached hydrogens (tertiary/aromatic N) is 2. The molecular weight excluding hydrogens is 312 g/mol. The van der Waals surface area contributed by atoms with E-state index in [1.165, 1.54) is 0 Å². The number of aliphatic hydroxyl groups excluding tert-OH is 1. The lowest BCUT2D eigenvalue weighted by Crippen LogP contribution is -2.24. The highest BCUT2D eigenvalue weighted by molar-refractivity contribution is 6.37. The van der Waals surface area contributed by atoms with E-state index in [9.17, 15) is 5.11 Å². The second kappa shape index (κ2) is 6.60. The van der Waals surface area contributed by atoms with Gasteiger partial charge in [0.05, 0.1) is 17.3 Å². The fourth-order valence-corrected chi connectivity index (χ4v) is 2.91. The molecule has 23 heavy (non-hydrogen) atoms. The summed E-state index contributed by atoms with van der Waals surface area (Å²) in [6, 6.07) is 13.6. The molecule has 1 heterocycles. The molecule has 1 aromatic heterocycles. The normalized spacial score (nSPS) is 12.5. The van der Waals surface area contributed by atoms with Crippen molar-refractivity contribution in [1.82, 2.24) is 9.78 Å². The number of halogens is 1. The standard InChI is InChI=1S/C18H19ClN2O2/c1-12-9-13(2)21(20-12)10-15(22)11-23-17-8-7-14-5-3-4-6-16(14)18(17)19/h3-9,15,22H,10-11H2,1-2H3. The van der Waals surface area contributed by atoms with Crippen LogP contribution in [0, 0.1) is 13.8 Å². The first-order chi connectivity index (χ1) is 11.0. The molecule has 3 aromatic rings. The molecule has 0 bridgehead atoms. The van der Waals surface area contributed by atoms with Crippen molar-refractivity contribution in [1.29, 1.82) is 0 Å². The zero-order valence-corrected chi connectivity index (χ0v) is 13.9. The van der Waals surface area contributed by atoms with Crippen molar-refractivity contribution in [3.05, 3.63) is 58.9 Å². The third-order valence-electron chi connectivity index (χ3n) is 3.75. The molecule has 0 aliphatic heterocycles. The van der Waals surface area contributed by atoms with Crippen LogP contribution in [-0.2, 0) is 6.54 Å². The molecule has 1 N–H and O–H groups in total. The number of ether oxygens (including phenoxy) is 1. The van der Waals surface area contributed by atoms with Gasteiger partial charge in [-0.1, -0.05) is 41.9 Å². The van der Waals surface area contributed by atoms with Crippen LogP contribution >= 0.6 is 11.6 Å². The third kappa shape index (κ3) is 3.49. The van der Waals surface area contributed by atoms with Gasteiger partial charge in [-0.15, -0.1) is 0 Å². The number of aliphatic hydroxyl groups is 1. The molecule has 0 radical (unpaired) electrons. The highest BCUT2D eigenvalue weighted by Gasteiger charge is 2.12. The van der Waals surface area contributed by atoms with Gasteiger partial charge in [-0.05, 0) is 31.4 Å². The molecule has 3 rings (SSSR count). The van der Waals surface area contributed by atoms with E-state index in [1.54, 1.807) is 4.68 Å². The molecule has 0 fully saturated rings. The number of hydrogen-bond acceptors (Lipinski definition) is 3. The fraction of sp³-hybridized carbons (Fsp3) is 0.278. The van der Waals surface area contributed by atoms with Crippen LogP contribution < -0.4 is 4.74 Å². The minimum Gasteiger partial charge on any atom is -0.489 e. The maximum absolute atomic E-state index is 10.2. The van der Waals surface area contributed by atoms with E-state index < -0.39 is 6.10 Å². The summed E-state index contributed by atoms with van der Waals surface area (Å²) in [6.45, 7) is 4.45. The molecule has 0 amide bonds. The summed E-state index contributed by atoms with van der Waals surface area (Å²) in [5.41, 5.74) is 1.96. The number of fused-ring (bicyclic) bond motifs is 1. The lowest BCUT2D eigenvalue weighted by Gasteiger charge is -2.15. The molecule has 1 unspecified atom stereocenters. The van der Waals surface area contributed by atoms with Crippen LogP contribution in [0.5, 0.6) is 5.75 Å². The largest absolute Gasteiger partial charge is 0.489 e. The minimum absolute atomic E-state index is 0.163. The van der Waals surface area contributed by atoms with E-state index >= 15 is 0 Å². The van der Waals surface area contributed by atoms with E-state index in [0.717, 1.165) is 22.2 Å². The molecule has 0 aliphatic carbocycles. The Labute approximate surface area is 140 Å². The van der Waals surface area contributed by atoms with Gasteiger partial charge in [0.2, 0.25) is 0 Å². The quantitative estimate of drug-likeness (QED) is 0.775. The van der Waals surface area contributed by atoms with Gasteiger partial charge < -0.3 is 9.84 Å². The monoisotopic (exact) mass is 330 g/mol. The summed E-state index contributed by atoms with van der Waals surface area (Å²) in [4.78, 5) is 0. The molecule has 120 valence electrons. The first kappa shape index (κ1) is 15.8. The first-order valence-corrected chi connectivity index (χ1v) is 7.91. The minimum atomic E-state index is -0.657. The van der Waals surface area contributed by atoms with Gasteiger partial charge in [-0.25, -0.2) is 0 Å². The molecule has 5 heteroatoms. The lowest BCUT2D eigenvalue weighted by molar-refractivity contribution is 0.0888. The molecule has 0 spiro atoms. The number of benzene rings is 2. The number of aryl methyl sites for hydroxylation is 2. The molecule has 1 atom stereocenters. The Morgan fingerprint density at radius 1 is 1.22 bits per heavy atom. The first-order valence-electron chi connectivity index (χ1n) is 7.54. The van der Waals surface area contributed by atoms with Crippen molar-refractivity contribution in [3.8, 4) is 5.75 Å². The topological polar surface area (TPSA) is 47.3 Å². The Morgan fingerprint density at radius 2 is 2.00 bits per heavy atom. The van der Waals surface area contributed by atoms with Crippen molar-refractivity contribution >= 4 is 22.4 Å². The predicted octanol–water partition coefficient (Wildman–Crippen LogP) is 3.75. The van der Waals surface area contributed by atoms with Crippen LogP contribution in [0.1, 0.15) is 11.4 Å². The Balaban J connectivity index is 1.68. The second-order valence-corrected chi connectivity index (χ2v) is 6.05. The Morgan fingerprint density at radius 3 is 2.74 bits per heavy atom. The fourth-order valence-electron chi connectivity index (χ4n) is 2.62. The SMILES string of the molecule is Cc1cc(C)n(CC(O)COc2ccc3ccccc3c2Cl)n1. The summed E-state index contributed by atoms with van der Waals surface area (Å²) in [5.74, 6) is 0.581. The van der Waals surface area contributed by atoms with Crippen LogP contribution in [0.4, 0.5) is 0 Å². The van der Waals surface area contributed by atoms with Crippen LogP contribution in [0.15, 0.2) is 42.5 Å². The van der Waals surface area contributed by atoms with E-state index in [-0.39, 0.29) is 6.61 Å². The smallest absolute Gasteiger partial charge is 0.138 e. The van der Waals surface area contributed by atoms with E-state index in [0.29, 0.717) is 17.3 Å². The Bertz CT molecular complexity index is 829. The predicted molar refractivity (Wildman–Crippen MR) is 92.2 cm³/mol. The van der Waals surface area contributed by atoms with Crippen LogP contribution in [0.25, 0.3) is 10.8 Å². The van der Waals surface area contributed by atoms with Gasteiger partial charge in [0, 0.05) is 11.1 Å². The van der Waals surface area contributed by atoms with Gasteiger partial charge >= 0.3 is 0 Å². The molecule has 4 nitrogen and oxygen atoms in total. The maximum atomic E-state index is 10.2. The zero-order chi connectivity index (χ0) is 16.4. The Hall–Kier alpha value is -2.04. The van der Waals surface area contributed by atoms with Crippen molar-refractivity contribution in [2.75, 3.05) is 6.61 Å². The van der Waals surface area contributed by atoms with E-state index in [1.807, 2.05) is 56.3 Å². The average Bonchev–Trinajstić information content (AvgIpc) is 2.84. The molecule has 2 aromatic carbocycles. The summed E-state index contributed by atoms with van der Waals surface area (Å²) < 4.78 is 7.49. The highest BCUT2D eigenvalue weighted by Crippen LogP contribution is 2.32. The Kier molecular flexibility index (Phi) is 4.55. The number of hydrogen-bond donors (Lipinski definition) is 1. The van der Waals surface area contributed by atoms with Gasteiger partial charge in [-0.2, -0.15) is 5.10 Å². The van der Waals surface area contributed by atoms with Crippen LogP contribution in [0.2, 0.25) is 5.02 Å². The number of aromatic nitrogens is 2. The van der Waals surface area contributed by atoms with Gasteiger partial charge in [0.15, 0.2) is 0 Å². The van der Waals surface area contributed by atoms with Gasteiger partial charge in [-0.3, -0.25) is 4.68 Å². The second-order valence-electron chi connectivity index (χ2n) is 5.67. The number of rotatable bonds is 5. The zero-order valence-electron chi connectivity index (χ0n) is 13.2. The van der Waals surface area contributed by atoms with Crippen LogP contribution in [-0.4, -0.2) is 27.6 Å². The van der Waals surface area contributed by atoms with Gasteiger partial charge in [0.25, 0.3) is 0 Å². The van der Waals surface area contributed by atoms with Crippen LogP contribution in [0.3, 0.4) is 0 Å². The molecule has 0 saturated heterocycles. The van der Waals surface area contributed by atoms with Gasteiger partial charge in [0.1, 0.15) is 18.5 Å². The highest BCUT2D eigenvalue weighted by atomic mass is 35.5. The lowest BCUT2D eigenvalue weighted by atomic mass is 10.1. The van der Waals surface area contributed by atoms with E-state index in [2.05, 4.69) is 5.10 Å². The molecule has 0 aliphatic rings. The molecular formula is C18H19ClN2O2. The maximum Gasteiger partial charge on any atom is 0.138 e. The van der Waals surface area contributed by atoms with Crippen molar-refractivity contribution < 1.29 is 9.84 Å². The third-order valence-corrected chi connectivity index (χ3v) is 4.14. The van der Waals surface area contributed by atoms with E-state index in [4.69, 9.17) is 16.3 Å². The summed E-state index contributed by atoms with van der Waals surface area (Å²) in [7, 11) is 0.